The number of fused-ring (bicyclic) bond motifs is 1. The highest BCUT2D eigenvalue weighted by Crippen LogP contribution is 2.34. The maximum Gasteiger partial charge on any atom is 0.268 e. The predicted octanol–water partition coefficient (Wildman–Crippen LogP) is 1.87. The van der Waals surface area contributed by atoms with Gasteiger partial charge in [0, 0.05) is 5.69 Å². The molecule has 0 bridgehead atoms. The van der Waals surface area contributed by atoms with Crippen molar-refractivity contribution in [2.45, 2.75) is 4.90 Å². The van der Waals surface area contributed by atoms with Gasteiger partial charge in [0.15, 0.2) is 0 Å². The van der Waals surface area contributed by atoms with E-state index in [1.807, 2.05) is 0 Å². The third-order valence-electron chi connectivity index (χ3n) is 3.45. The molecule has 0 spiro atoms. The van der Waals surface area contributed by atoms with Crippen LogP contribution in [0.15, 0.2) is 47.4 Å². The molecule has 2 aromatic carbocycles. The van der Waals surface area contributed by atoms with E-state index in [-0.39, 0.29) is 18.0 Å². The highest BCUT2D eigenvalue weighted by atomic mass is 32.2. The van der Waals surface area contributed by atoms with E-state index in [0.717, 1.165) is 0 Å². The normalized spacial score (nSPS) is 16.3. The van der Waals surface area contributed by atoms with Crippen LogP contribution in [0.1, 0.15) is 0 Å². The van der Waals surface area contributed by atoms with Gasteiger partial charge in [0.05, 0.1) is 19.3 Å². The Labute approximate surface area is 129 Å². The molecule has 0 radical (unpaired) electrons. The Kier molecular flexibility index (Phi) is 3.58. The third kappa shape index (κ3) is 2.43. The molecule has 1 aliphatic rings. The number of benzene rings is 2. The second-order valence-corrected chi connectivity index (χ2v) is 6.66. The summed E-state index contributed by atoms with van der Waals surface area (Å²) in [7, 11) is -2.17. The van der Waals surface area contributed by atoms with Crippen molar-refractivity contribution in [3.05, 3.63) is 42.5 Å². The molecule has 0 unspecified atom stereocenters. The van der Waals surface area contributed by atoms with Crippen molar-refractivity contribution in [2.75, 3.05) is 30.3 Å². The summed E-state index contributed by atoms with van der Waals surface area (Å²) in [4.78, 5) is 0.0841. The van der Waals surface area contributed by atoms with E-state index in [1.165, 1.54) is 10.4 Å². The van der Waals surface area contributed by atoms with Gasteiger partial charge in [-0.05, 0) is 42.5 Å². The second-order valence-electron chi connectivity index (χ2n) is 4.83. The molecule has 0 aliphatic carbocycles. The lowest BCUT2D eigenvalue weighted by Gasteiger charge is -2.22. The quantitative estimate of drug-likeness (QED) is 0.854. The van der Waals surface area contributed by atoms with Crippen LogP contribution < -0.4 is 19.5 Å². The fourth-order valence-corrected chi connectivity index (χ4v) is 3.96. The smallest absolute Gasteiger partial charge is 0.268 e. The van der Waals surface area contributed by atoms with E-state index in [9.17, 15) is 8.42 Å². The van der Waals surface area contributed by atoms with Crippen LogP contribution in [0.2, 0.25) is 0 Å². The van der Waals surface area contributed by atoms with E-state index >= 15 is 0 Å². The topological polar surface area (TPSA) is 81.9 Å². The van der Waals surface area contributed by atoms with E-state index in [1.54, 1.807) is 43.5 Å². The SMILES string of the molecule is COc1ccc(N2CCOc3ccc(N)cc3S2(=O)=O)cc1. The van der Waals surface area contributed by atoms with Crippen molar-refractivity contribution < 1.29 is 17.9 Å². The monoisotopic (exact) mass is 320 g/mol. The van der Waals surface area contributed by atoms with Crippen LogP contribution in [0.5, 0.6) is 11.5 Å². The van der Waals surface area contributed by atoms with Gasteiger partial charge in [-0.2, -0.15) is 0 Å². The maximum absolute atomic E-state index is 12.9. The molecule has 0 atom stereocenters. The van der Waals surface area contributed by atoms with E-state index in [2.05, 4.69) is 0 Å². The van der Waals surface area contributed by atoms with Crippen molar-refractivity contribution >= 4 is 21.4 Å². The molecule has 22 heavy (non-hydrogen) atoms. The van der Waals surface area contributed by atoms with Crippen LogP contribution in [-0.2, 0) is 10.0 Å². The maximum atomic E-state index is 12.9. The average molecular weight is 320 g/mol. The predicted molar refractivity (Wildman–Crippen MR) is 83.9 cm³/mol. The van der Waals surface area contributed by atoms with Gasteiger partial charge in [0.25, 0.3) is 10.0 Å². The molecule has 3 rings (SSSR count). The zero-order valence-corrected chi connectivity index (χ0v) is 12.8. The summed E-state index contributed by atoms with van der Waals surface area (Å²) in [5, 5.41) is 0. The third-order valence-corrected chi connectivity index (χ3v) is 5.30. The zero-order valence-electron chi connectivity index (χ0n) is 12.0. The minimum absolute atomic E-state index is 0.0841. The van der Waals surface area contributed by atoms with Crippen LogP contribution >= 0.6 is 0 Å². The minimum Gasteiger partial charge on any atom is -0.497 e. The molecular weight excluding hydrogens is 304 g/mol. The summed E-state index contributed by atoms with van der Waals surface area (Å²) in [5.41, 5.74) is 6.65. The second kappa shape index (κ2) is 5.42. The molecule has 6 nitrogen and oxygen atoms in total. The first-order chi connectivity index (χ1) is 10.5. The lowest BCUT2D eigenvalue weighted by molar-refractivity contribution is 0.325. The number of nitrogens with zero attached hydrogens (tertiary/aromatic N) is 1. The van der Waals surface area contributed by atoms with Gasteiger partial charge in [-0.25, -0.2) is 8.42 Å². The summed E-state index contributed by atoms with van der Waals surface area (Å²) in [5.74, 6) is 0.988. The Morgan fingerprint density at radius 1 is 1.18 bits per heavy atom. The van der Waals surface area contributed by atoms with Crippen molar-refractivity contribution in [1.29, 1.82) is 0 Å². The Morgan fingerprint density at radius 3 is 2.59 bits per heavy atom. The van der Waals surface area contributed by atoms with Gasteiger partial charge < -0.3 is 15.2 Å². The largest absolute Gasteiger partial charge is 0.497 e. The van der Waals surface area contributed by atoms with Crippen LogP contribution in [-0.4, -0.2) is 28.7 Å². The number of nitrogen functional groups attached to an aromatic ring is 1. The number of hydrogen-bond donors (Lipinski definition) is 1. The lowest BCUT2D eigenvalue weighted by Crippen LogP contribution is -2.32. The van der Waals surface area contributed by atoms with Gasteiger partial charge in [-0.15, -0.1) is 0 Å². The van der Waals surface area contributed by atoms with Crippen molar-refractivity contribution in [3.8, 4) is 11.5 Å². The minimum atomic E-state index is -3.73. The zero-order chi connectivity index (χ0) is 15.7. The first-order valence-corrected chi connectivity index (χ1v) is 8.15. The number of methoxy groups -OCH3 is 1. The molecule has 1 aliphatic heterocycles. The molecule has 7 heteroatoms. The summed E-state index contributed by atoms with van der Waals surface area (Å²) in [6, 6.07) is 11.5. The van der Waals surface area contributed by atoms with E-state index < -0.39 is 10.0 Å². The van der Waals surface area contributed by atoms with Gasteiger partial charge in [0.2, 0.25) is 0 Å². The van der Waals surface area contributed by atoms with Gasteiger partial charge in [0.1, 0.15) is 23.0 Å². The number of hydrogen-bond acceptors (Lipinski definition) is 5. The van der Waals surface area contributed by atoms with E-state index in [0.29, 0.717) is 22.9 Å². The molecule has 0 saturated carbocycles. The fraction of sp³-hybridized carbons (Fsp3) is 0.200. The number of nitrogens with two attached hydrogens (primary N) is 1. The van der Waals surface area contributed by atoms with Crippen LogP contribution in [0, 0.1) is 0 Å². The van der Waals surface area contributed by atoms with Crippen molar-refractivity contribution in [3.63, 3.8) is 0 Å². The number of sulfonamides is 1. The molecule has 0 aromatic heterocycles. The molecule has 1 heterocycles. The average Bonchev–Trinajstić information content (AvgIpc) is 2.64. The molecule has 0 amide bonds. The highest BCUT2D eigenvalue weighted by Gasteiger charge is 2.31. The van der Waals surface area contributed by atoms with Gasteiger partial charge in [-0.3, -0.25) is 4.31 Å². The molecule has 2 aromatic rings. The Bertz CT molecular complexity index is 788. The molecule has 116 valence electrons. The van der Waals surface area contributed by atoms with Gasteiger partial charge >= 0.3 is 0 Å². The fourth-order valence-electron chi connectivity index (χ4n) is 2.34. The Morgan fingerprint density at radius 2 is 1.91 bits per heavy atom. The summed E-state index contributed by atoms with van der Waals surface area (Å²) in [6.07, 6.45) is 0. The van der Waals surface area contributed by atoms with Crippen molar-refractivity contribution in [2.24, 2.45) is 0 Å². The standard InChI is InChI=1S/C15H16N2O4S/c1-20-13-5-3-12(4-6-13)17-8-9-21-14-7-2-11(16)10-15(14)22(17,18)19/h2-7,10H,8-9,16H2,1H3. The summed E-state index contributed by atoms with van der Waals surface area (Å²) in [6.45, 7) is 0.491. The molecule has 0 fully saturated rings. The van der Waals surface area contributed by atoms with E-state index in [4.69, 9.17) is 15.2 Å². The molecular formula is C15H16N2O4S. The van der Waals surface area contributed by atoms with Crippen LogP contribution in [0.25, 0.3) is 0 Å². The Hall–Kier alpha value is -2.41. The van der Waals surface area contributed by atoms with Gasteiger partial charge in [-0.1, -0.05) is 0 Å². The van der Waals surface area contributed by atoms with Crippen LogP contribution in [0.3, 0.4) is 0 Å². The first kappa shape index (κ1) is 14.5. The molecule has 0 saturated heterocycles. The molecule has 2 N–H and O–H groups in total. The number of rotatable bonds is 2. The summed E-state index contributed by atoms with van der Waals surface area (Å²) < 4.78 is 37.7. The van der Waals surface area contributed by atoms with Crippen LogP contribution in [0.4, 0.5) is 11.4 Å². The Balaban J connectivity index is 2.09. The highest BCUT2D eigenvalue weighted by molar-refractivity contribution is 7.93. The summed E-state index contributed by atoms with van der Waals surface area (Å²) >= 11 is 0. The first-order valence-electron chi connectivity index (χ1n) is 6.71. The lowest BCUT2D eigenvalue weighted by atomic mass is 10.3. The number of anilines is 2. The van der Waals surface area contributed by atoms with Crippen molar-refractivity contribution in [1.82, 2.24) is 0 Å². The number of ether oxygens (including phenoxy) is 2.